The van der Waals surface area contributed by atoms with Crippen LogP contribution < -0.4 is 11.1 Å². The standard InChI is InChI=1S/C12H18ClN3O2/c1-2-5-18-6-3-4-15-12(17)9-7-11(13)16-8-10(9)14/h7-8H,2-6,14H2,1H3,(H,15,17). The maximum Gasteiger partial charge on any atom is 0.253 e. The van der Waals surface area contributed by atoms with Crippen LogP contribution in [0.25, 0.3) is 0 Å². The van der Waals surface area contributed by atoms with Gasteiger partial charge in [0.25, 0.3) is 5.91 Å². The van der Waals surface area contributed by atoms with Gasteiger partial charge in [0.05, 0.1) is 17.4 Å². The van der Waals surface area contributed by atoms with Gasteiger partial charge in [-0.15, -0.1) is 0 Å². The van der Waals surface area contributed by atoms with Crippen molar-refractivity contribution in [1.82, 2.24) is 10.3 Å². The van der Waals surface area contributed by atoms with Crippen LogP contribution in [0.5, 0.6) is 0 Å². The highest BCUT2D eigenvalue weighted by atomic mass is 35.5. The molecule has 6 heteroatoms. The number of nitrogens with one attached hydrogen (secondary N) is 1. The molecule has 0 unspecified atom stereocenters. The van der Waals surface area contributed by atoms with E-state index in [9.17, 15) is 4.79 Å². The SMILES string of the molecule is CCCOCCCNC(=O)c1cc(Cl)ncc1N. The minimum atomic E-state index is -0.243. The first kappa shape index (κ1) is 14.7. The van der Waals surface area contributed by atoms with E-state index >= 15 is 0 Å². The van der Waals surface area contributed by atoms with Crippen molar-refractivity contribution in [2.75, 3.05) is 25.5 Å². The van der Waals surface area contributed by atoms with Gasteiger partial charge < -0.3 is 15.8 Å². The molecule has 1 amide bonds. The Hall–Kier alpha value is -1.33. The summed E-state index contributed by atoms with van der Waals surface area (Å²) in [6.45, 7) is 3.99. The lowest BCUT2D eigenvalue weighted by atomic mass is 10.2. The van der Waals surface area contributed by atoms with Crippen LogP contribution in [0.4, 0.5) is 5.69 Å². The number of amides is 1. The Bertz CT molecular complexity index is 399. The van der Waals surface area contributed by atoms with Crippen LogP contribution in [0.2, 0.25) is 5.15 Å². The number of nitrogens with zero attached hydrogens (tertiary/aromatic N) is 1. The first-order valence-electron chi connectivity index (χ1n) is 5.92. The summed E-state index contributed by atoms with van der Waals surface area (Å²) in [6, 6.07) is 1.46. The molecule has 3 N–H and O–H groups in total. The first-order valence-corrected chi connectivity index (χ1v) is 6.30. The molecule has 0 aromatic carbocycles. The average Bonchev–Trinajstić information content (AvgIpc) is 2.36. The van der Waals surface area contributed by atoms with Crippen molar-refractivity contribution in [3.05, 3.63) is 23.0 Å². The number of carbonyl (C=O) groups is 1. The molecule has 0 radical (unpaired) electrons. The molecule has 0 saturated carbocycles. The van der Waals surface area contributed by atoms with Gasteiger partial charge in [0.15, 0.2) is 0 Å². The lowest BCUT2D eigenvalue weighted by Crippen LogP contribution is -2.26. The van der Waals surface area contributed by atoms with Crippen molar-refractivity contribution in [1.29, 1.82) is 0 Å². The van der Waals surface area contributed by atoms with Gasteiger partial charge in [0.2, 0.25) is 0 Å². The van der Waals surface area contributed by atoms with E-state index < -0.39 is 0 Å². The van der Waals surface area contributed by atoms with Crippen molar-refractivity contribution < 1.29 is 9.53 Å². The lowest BCUT2D eigenvalue weighted by Gasteiger charge is -2.07. The summed E-state index contributed by atoms with van der Waals surface area (Å²) < 4.78 is 5.31. The molecule has 0 saturated heterocycles. The second-order valence-corrected chi connectivity index (χ2v) is 4.20. The van der Waals surface area contributed by atoms with Gasteiger partial charge in [0, 0.05) is 19.8 Å². The number of nitrogen functional groups attached to an aromatic ring is 1. The molecule has 0 spiro atoms. The van der Waals surface area contributed by atoms with Gasteiger partial charge in [-0.1, -0.05) is 18.5 Å². The Kier molecular flexibility index (Phi) is 6.46. The van der Waals surface area contributed by atoms with E-state index in [0.717, 1.165) is 19.4 Å². The highest BCUT2D eigenvalue weighted by Crippen LogP contribution is 2.14. The fraction of sp³-hybridized carbons (Fsp3) is 0.500. The molecule has 0 bridgehead atoms. The smallest absolute Gasteiger partial charge is 0.253 e. The zero-order valence-electron chi connectivity index (χ0n) is 10.4. The number of carbonyl (C=O) groups excluding carboxylic acids is 1. The number of ether oxygens (including phenoxy) is 1. The zero-order chi connectivity index (χ0) is 13.4. The van der Waals surface area contributed by atoms with Crippen LogP contribution in [-0.4, -0.2) is 30.6 Å². The average molecular weight is 272 g/mol. The topological polar surface area (TPSA) is 77.2 Å². The van der Waals surface area contributed by atoms with E-state index in [1.165, 1.54) is 12.3 Å². The molecule has 18 heavy (non-hydrogen) atoms. The van der Waals surface area contributed by atoms with E-state index in [1.807, 2.05) is 0 Å². The summed E-state index contributed by atoms with van der Waals surface area (Å²) >= 11 is 5.71. The molecule has 0 aliphatic heterocycles. The maximum atomic E-state index is 11.8. The van der Waals surface area contributed by atoms with E-state index in [0.29, 0.717) is 24.4 Å². The van der Waals surface area contributed by atoms with Crippen molar-refractivity contribution in [3.63, 3.8) is 0 Å². The van der Waals surface area contributed by atoms with E-state index in [2.05, 4.69) is 17.2 Å². The molecule has 1 heterocycles. The Morgan fingerprint density at radius 1 is 1.56 bits per heavy atom. The molecule has 100 valence electrons. The van der Waals surface area contributed by atoms with Crippen molar-refractivity contribution in [2.45, 2.75) is 19.8 Å². The fourth-order valence-corrected chi connectivity index (χ4v) is 1.51. The predicted molar refractivity (Wildman–Crippen MR) is 71.7 cm³/mol. The molecule has 5 nitrogen and oxygen atoms in total. The van der Waals surface area contributed by atoms with Gasteiger partial charge >= 0.3 is 0 Å². The van der Waals surface area contributed by atoms with E-state index in [-0.39, 0.29) is 11.1 Å². The van der Waals surface area contributed by atoms with Crippen molar-refractivity contribution >= 4 is 23.2 Å². The maximum absolute atomic E-state index is 11.8. The Balaban J connectivity index is 2.34. The number of hydrogen-bond donors (Lipinski definition) is 2. The molecule has 0 fully saturated rings. The minimum absolute atomic E-state index is 0.243. The summed E-state index contributed by atoms with van der Waals surface area (Å²) in [5.41, 5.74) is 6.32. The second kappa shape index (κ2) is 7.89. The lowest BCUT2D eigenvalue weighted by molar-refractivity contribution is 0.0942. The van der Waals surface area contributed by atoms with Crippen LogP contribution in [-0.2, 0) is 4.74 Å². The molecule has 0 atom stereocenters. The number of rotatable bonds is 7. The molecule has 0 aliphatic rings. The number of nitrogens with two attached hydrogens (primary N) is 1. The summed E-state index contributed by atoms with van der Waals surface area (Å²) in [7, 11) is 0. The summed E-state index contributed by atoms with van der Waals surface area (Å²) in [6.07, 6.45) is 3.14. The van der Waals surface area contributed by atoms with Crippen LogP contribution in [0, 0.1) is 0 Å². The third-order valence-corrected chi connectivity index (χ3v) is 2.45. The predicted octanol–water partition coefficient (Wildman–Crippen LogP) is 1.86. The first-order chi connectivity index (χ1) is 8.65. The highest BCUT2D eigenvalue weighted by Gasteiger charge is 2.10. The van der Waals surface area contributed by atoms with Crippen LogP contribution in [0.15, 0.2) is 12.3 Å². The quantitative estimate of drug-likeness (QED) is 0.586. The Labute approximate surface area is 112 Å². The fourth-order valence-electron chi connectivity index (χ4n) is 1.35. The van der Waals surface area contributed by atoms with Gasteiger partial charge in [-0.2, -0.15) is 0 Å². The summed E-state index contributed by atoms with van der Waals surface area (Å²) in [5, 5.41) is 3.01. The molecule has 0 aliphatic carbocycles. The summed E-state index contributed by atoms with van der Waals surface area (Å²) in [5.74, 6) is -0.243. The molecular formula is C12H18ClN3O2. The third-order valence-electron chi connectivity index (χ3n) is 2.25. The Morgan fingerprint density at radius 2 is 2.33 bits per heavy atom. The number of aromatic nitrogens is 1. The van der Waals surface area contributed by atoms with Crippen molar-refractivity contribution in [3.8, 4) is 0 Å². The van der Waals surface area contributed by atoms with Crippen LogP contribution in [0.1, 0.15) is 30.1 Å². The number of pyridine rings is 1. The summed E-state index contributed by atoms with van der Waals surface area (Å²) in [4.78, 5) is 15.6. The number of anilines is 1. The van der Waals surface area contributed by atoms with Gasteiger partial charge in [-0.05, 0) is 18.9 Å². The largest absolute Gasteiger partial charge is 0.397 e. The monoisotopic (exact) mass is 271 g/mol. The van der Waals surface area contributed by atoms with Gasteiger partial charge in [0.1, 0.15) is 5.15 Å². The second-order valence-electron chi connectivity index (χ2n) is 3.82. The van der Waals surface area contributed by atoms with Gasteiger partial charge in [-0.25, -0.2) is 4.98 Å². The third kappa shape index (κ3) is 4.89. The molecular weight excluding hydrogens is 254 g/mol. The molecule has 1 rings (SSSR count). The molecule has 1 aromatic heterocycles. The van der Waals surface area contributed by atoms with Crippen molar-refractivity contribution in [2.24, 2.45) is 0 Å². The van der Waals surface area contributed by atoms with E-state index in [1.54, 1.807) is 0 Å². The number of halogens is 1. The minimum Gasteiger partial charge on any atom is -0.397 e. The van der Waals surface area contributed by atoms with Crippen LogP contribution in [0.3, 0.4) is 0 Å². The van der Waals surface area contributed by atoms with E-state index in [4.69, 9.17) is 22.1 Å². The van der Waals surface area contributed by atoms with Crippen LogP contribution >= 0.6 is 11.6 Å². The normalized spacial score (nSPS) is 10.3. The Morgan fingerprint density at radius 3 is 3.06 bits per heavy atom. The number of hydrogen-bond acceptors (Lipinski definition) is 4. The molecule has 1 aromatic rings. The zero-order valence-corrected chi connectivity index (χ0v) is 11.2. The van der Waals surface area contributed by atoms with Gasteiger partial charge in [-0.3, -0.25) is 4.79 Å². The highest BCUT2D eigenvalue weighted by molar-refractivity contribution is 6.29.